The predicted octanol–water partition coefficient (Wildman–Crippen LogP) is 2.91. The Morgan fingerprint density at radius 2 is 2.00 bits per heavy atom. The lowest BCUT2D eigenvalue weighted by atomic mass is 10.0. The average Bonchev–Trinajstić information content (AvgIpc) is 2.41. The lowest BCUT2D eigenvalue weighted by Crippen LogP contribution is -2.06. The highest BCUT2D eigenvalue weighted by atomic mass is 19.1. The van der Waals surface area contributed by atoms with Gasteiger partial charge in [0, 0.05) is 11.6 Å². The van der Waals surface area contributed by atoms with Gasteiger partial charge < -0.3 is 4.74 Å². The summed E-state index contributed by atoms with van der Waals surface area (Å²) in [5.41, 5.74) is 0.728. The second-order valence-electron chi connectivity index (χ2n) is 4.00. The van der Waals surface area contributed by atoms with Crippen molar-refractivity contribution in [2.75, 3.05) is 7.11 Å². The Bertz CT molecular complexity index is 641. The zero-order chi connectivity index (χ0) is 14.0. The first kappa shape index (κ1) is 13.1. The Hall–Kier alpha value is -2.30. The van der Waals surface area contributed by atoms with Crippen LogP contribution < -0.4 is 4.74 Å². The van der Waals surface area contributed by atoms with Crippen molar-refractivity contribution in [1.29, 1.82) is 0 Å². The first-order chi connectivity index (χ1) is 9.02. The Kier molecular flexibility index (Phi) is 3.55. The van der Waals surface area contributed by atoms with Gasteiger partial charge in [-0.1, -0.05) is 12.1 Å². The second kappa shape index (κ2) is 5.14. The van der Waals surface area contributed by atoms with Gasteiger partial charge in [0.15, 0.2) is 11.6 Å². The van der Waals surface area contributed by atoms with E-state index in [4.69, 9.17) is 4.74 Å². The number of ether oxygens (including phenoxy) is 1. The molecular weight excluding hydrogens is 252 g/mol. The number of pyridine rings is 1. The molecule has 0 N–H and O–H groups in total. The molecular formula is C14H11F2NO2. The van der Waals surface area contributed by atoms with Crippen LogP contribution in [0.3, 0.4) is 0 Å². The van der Waals surface area contributed by atoms with Gasteiger partial charge in [0.05, 0.1) is 18.9 Å². The van der Waals surface area contributed by atoms with Crippen LogP contribution in [0.5, 0.6) is 5.75 Å². The topological polar surface area (TPSA) is 39.2 Å². The normalized spacial score (nSPS) is 10.3. The fraction of sp³-hybridized carbons (Fsp3) is 0.143. The van der Waals surface area contributed by atoms with Gasteiger partial charge in [0.1, 0.15) is 5.75 Å². The number of rotatable bonds is 3. The summed E-state index contributed by atoms with van der Waals surface area (Å²) in [4.78, 5) is 15.3. The number of hydrogen-bond acceptors (Lipinski definition) is 3. The van der Waals surface area contributed by atoms with Crippen LogP contribution in [0.2, 0.25) is 0 Å². The van der Waals surface area contributed by atoms with Crippen LogP contribution in [0, 0.1) is 18.7 Å². The van der Waals surface area contributed by atoms with Crippen molar-refractivity contribution < 1.29 is 18.3 Å². The van der Waals surface area contributed by atoms with Gasteiger partial charge in [-0.3, -0.25) is 4.79 Å². The smallest absolute Gasteiger partial charge is 0.213 e. The minimum atomic E-state index is -0.899. The van der Waals surface area contributed by atoms with Crippen LogP contribution in [0.4, 0.5) is 8.78 Å². The molecule has 2 rings (SSSR count). The molecule has 19 heavy (non-hydrogen) atoms. The third-order valence-electron chi connectivity index (χ3n) is 2.74. The van der Waals surface area contributed by atoms with Gasteiger partial charge in [-0.05, 0) is 18.6 Å². The van der Waals surface area contributed by atoms with Crippen LogP contribution in [-0.2, 0) is 0 Å². The van der Waals surface area contributed by atoms with Gasteiger partial charge in [0.25, 0.3) is 0 Å². The van der Waals surface area contributed by atoms with Crippen LogP contribution >= 0.6 is 0 Å². The van der Waals surface area contributed by atoms with Gasteiger partial charge in [0.2, 0.25) is 5.95 Å². The lowest BCUT2D eigenvalue weighted by molar-refractivity contribution is 0.103. The van der Waals surface area contributed by atoms with Crippen LogP contribution in [0.15, 0.2) is 30.5 Å². The number of nitrogens with zero attached hydrogens (tertiary/aromatic N) is 1. The molecule has 0 aliphatic heterocycles. The molecule has 0 unspecified atom stereocenters. The number of hydrogen-bond donors (Lipinski definition) is 0. The first-order valence-corrected chi connectivity index (χ1v) is 5.53. The number of aryl methyl sites for hydroxylation is 1. The van der Waals surface area contributed by atoms with E-state index in [0.717, 1.165) is 11.6 Å². The van der Waals surface area contributed by atoms with Gasteiger partial charge in [-0.15, -0.1) is 0 Å². The van der Waals surface area contributed by atoms with Crippen LogP contribution in [0.1, 0.15) is 21.5 Å². The molecule has 3 nitrogen and oxygen atoms in total. The van der Waals surface area contributed by atoms with Crippen LogP contribution in [-0.4, -0.2) is 17.9 Å². The predicted molar refractivity (Wildman–Crippen MR) is 65.3 cm³/mol. The monoisotopic (exact) mass is 263 g/mol. The Morgan fingerprint density at radius 1 is 1.26 bits per heavy atom. The van der Waals surface area contributed by atoms with Gasteiger partial charge in [-0.2, -0.15) is 4.39 Å². The summed E-state index contributed by atoms with van der Waals surface area (Å²) in [5, 5.41) is 0. The molecule has 0 amide bonds. The minimum Gasteiger partial charge on any atom is -0.496 e. The van der Waals surface area contributed by atoms with E-state index >= 15 is 0 Å². The highest BCUT2D eigenvalue weighted by Crippen LogP contribution is 2.22. The summed E-state index contributed by atoms with van der Waals surface area (Å²) in [5.74, 6) is -1.85. The summed E-state index contributed by atoms with van der Waals surface area (Å²) >= 11 is 0. The minimum absolute atomic E-state index is 0.229. The molecule has 0 aliphatic rings. The molecule has 1 aromatic heterocycles. The Morgan fingerprint density at radius 3 is 2.68 bits per heavy atom. The van der Waals surface area contributed by atoms with E-state index in [0.29, 0.717) is 11.9 Å². The number of aromatic nitrogens is 1. The average molecular weight is 263 g/mol. The highest BCUT2D eigenvalue weighted by molar-refractivity contribution is 6.09. The fourth-order valence-corrected chi connectivity index (χ4v) is 1.70. The molecule has 0 spiro atoms. The van der Waals surface area contributed by atoms with Crippen molar-refractivity contribution >= 4 is 5.78 Å². The first-order valence-electron chi connectivity index (χ1n) is 5.53. The van der Waals surface area contributed by atoms with Crippen molar-refractivity contribution in [3.8, 4) is 5.75 Å². The summed E-state index contributed by atoms with van der Waals surface area (Å²) in [6.07, 6.45) is 0.688. The second-order valence-corrected chi connectivity index (χ2v) is 4.00. The molecule has 0 atom stereocenters. The maximum absolute atomic E-state index is 13.5. The zero-order valence-electron chi connectivity index (χ0n) is 10.4. The van der Waals surface area contributed by atoms with E-state index in [9.17, 15) is 13.6 Å². The quantitative estimate of drug-likeness (QED) is 0.631. The Labute approximate surface area is 108 Å². The summed E-state index contributed by atoms with van der Waals surface area (Å²) in [6, 6.07) is 5.50. The van der Waals surface area contributed by atoms with Crippen molar-refractivity contribution in [2.24, 2.45) is 0 Å². The molecule has 5 heteroatoms. The maximum Gasteiger partial charge on any atom is 0.213 e. The fourth-order valence-electron chi connectivity index (χ4n) is 1.70. The molecule has 1 aromatic carbocycles. The number of ketones is 1. The number of carbonyl (C=O) groups is 1. The van der Waals surface area contributed by atoms with E-state index in [2.05, 4.69) is 4.98 Å². The number of carbonyl (C=O) groups excluding carboxylic acids is 1. The standard InChI is InChI=1S/C14H11F2NO2/c1-8-3-4-9(5-12(8)19-2)14(18)10-6-13(16)17-7-11(10)15/h3-7H,1-2H3. The number of benzene rings is 1. The van der Waals surface area contributed by atoms with E-state index < -0.39 is 17.5 Å². The molecule has 0 fully saturated rings. The molecule has 0 saturated heterocycles. The highest BCUT2D eigenvalue weighted by Gasteiger charge is 2.16. The van der Waals surface area contributed by atoms with Gasteiger partial charge in [-0.25, -0.2) is 9.37 Å². The lowest BCUT2D eigenvalue weighted by Gasteiger charge is -2.07. The summed E-state index contributed by atoms with van der Waals surface area (Å²) in [7, 11) is 1.48. The summed E-state index contributed by atoms with van der Waals surface area (Å²) in [6.45, 7) is 1.82. The molecule has 2 aromatic rings. The van der Waals surface area contributed by atoms with E-state index in [1.54, 1.807) is 6.07 Å². The molecule has 0 saturated carbocycles. The molecule has 1 heterocycles. The molecule has 98 valence electrons. The summed E-state index contributed by atoms with van der Waals surface area (Å²) < 4.78 is 31.6. The van der Waals surface area contributed by atoms with Gasteiger partial charge >= 0.3 is 0 Å². The zero-order valence-corrected chi connectivity index (χ0v) is 10.4. The number of halogens is 2. The van der Waals surface area contributed by atoms with E-state index in [1.807, 2.05) is 6.92 Å². The van der Waals surface area contributed by atoms with Crippen molar-refractivity contribution in [3.63, 3.8) is 0 Å². The van der Waals surface area contributed by atoms with E-state index in [-0.39, 0.29) is 11.1 Å². The van der Waals surface area contributed by atoms with Crippen molar-refractivity contribution in [1.82, 2.24) is 4.98 Å². The molecule has 0 bridgehead atoms. The maximum atomic E-state index is 13.5. The Balaban J connectivity index is 2.47. The van der Waals surface area contributed by atoms with Crippen molar-refractivity contribution in [3.05, 3.63) is 58.9 Å². The van der Waals surface area contributed by atoms with E-state index in [1.165, 1.54) is 19.2 Å². The third kappa shape index (κ3) is 2.59. The third-order valence-corrected chi connectivity index (χ3v) is 2.74. The van der Waals surface area contributed by atoms with Crippen molar-refractivity contribution in [2.45, 2.75) is 6.92 Å². The SMILES string of the molecule is COc1cc(C(=O)c2cc(F)ncc2F)ccc1C. The molecule has 0 aliphatic carbocycles. The molecule has 0 radical (unpaired) electrons. The van der Waals surface area contributed by atoms with Crippen LogP contribution in [0.25, 0.3) is 0 Å². The number of methoxy groups -OCH3 is 1. The largest absolute Gasteiger partial charge is 0.496 e.